The Balaban J connectivity index is 1.77. The third-order valence-corrected chi connectivity index (χ3v) is 4.49. The highest BCUT2D eigenvalue weighted by molar-refractivity contribution is 5.69. The van der Waals surface area contributed by atoms with Gasteiger partial charge in [-0.05, 0) is 48.5 Å². The van der Waals surface area contributed by atoms with Crippen LogP contribution in [-0.2, 0) is 6.61 Å². The summed E-state index contributed by atoms with van der Waals surface area (Å²) >= 11 is 0. The summed E-state index contributed by atoms with van der Waals surface area (Å²) in [6, 6.07) is 13.5. The monoisotopic (exact) mass is 366 g/mol. The molecule has 6 heteroatoms. The lowest BCUT2D eigenvalue weighted by atomic mass is 10.0. The van der Waals surface area contributed by atoms with Crippen molar-refractivity contribution in [1.29, 1.82) is 0 Å². The first-order valence-corrected chi connectivity index (χ1v) is 8.32. The Kier molecular flexibility index (Phi) is 4.33. The van der Waals surface area contributed by atoms with Gasteiger partial charge in [-0.1, -0.05) is 0 Å². The minimum atomic E-state index is -0.760. The number of rotatable bonds is 4. The smallest absolute Gasteiger partial charge is 0.139 e. The lowest BCUT2D eigenvalue weighted by molar-refractivity contribution is 0.269. The van der Waals surface area contributed by atoms with Crippen LogP contribution in [0.25, 0.3) is 28.0 Å². The quantitative estimate of drug-likeness (QED) is 0.581. The predicted molar refractivity (Wildman–Crippen MR) is 98.5 cm³/mol. The number of fused-ring (bicyclic) bond motifs is 1. The number of nitrogens with zero attached hydrogens (tertiary/aromatic N) is 2. The van der Waals surface area contributed by atoms with Crippen molar-refractivity contribution in [3.63, 3.8) is 0 Å². The van der Waals surface area contributed by atoms with Crippen molar-refractivity contribution in [3.8, 4) is 28.1 Å². The molecular weight excluding hydrogens is 350 g/mol. The number of ether oxygens (including phenoxy) is 1. The topological polar surface area (TPSA) is 46.8 Å². The number of hydrogen-bond acceptors (Lipinski definition) is 3. The zero-order valence-electron chi connectivity index (χ0n) is 14.5. The number of hydrogen-bond donors (Lipinski definition) is 1. The fourth-order valence-corrected chi connectivity index (χ4v) is 3.02. The van der Waals surface area contributed by atoms with E-state index in [1.165, 1.54) is 6.07 Å². The second-order valence-corrected chi connectivity index (χ2v) is 6.08. The van der Waals surface area contributed by atoms with Crippen LogP contribution in [0.4, 0.5) is 8.78 Å². The molecule has 2 aromatic carbocycles. The summed E-state index contributed by atoms with van der Waals surface area (Å²) in [5.41, 5.74) is 2.85. The minimum Gasteiger partial charge on any atom is -0.497 e. The molecule has 0 spiro atoms. The number of benzene rings is 2. The van der Waals surface area contributed by atoms with E-state index in [1.54, 1.807) is 29.8 Å². The van der Waals surface area contributed by atoms with E-state index in [-0.39, 0.29) is 11.1 Å². The van der Waals surface area contributed by atoms with Gasteiger partial charge in [-0.3, -0.25) is 0 Å². The van der Waals surface area contributed by atoms with Gasteiger partial charge in [0.05, 0.1) is 19.4 Å². The molecule has 1 N–H and O–H groups in total. The summed E-state index contributed by atoms with van der Waals surface area (Å²) in [4.78, 5) is 4.57. The van der Waals surface area contributed by atoms with Crippen molar-refractivity contribution < 1.29 is 18.6 Å². The summed E-state index contributed by atoms with van der Waals surface area (Å²) in [6.45, 7) is -0.694. The number of methoxy groups -OCH3 is 1. The average molecular weight is 366 g/mol. The standard InChI is InChI=1S/C21H16F2N2O2/c1-27-15-5-2-13(3-6-15)19-11-25-10-14(4-9-20(25)24-19)16-7-8-18(22)17(12-26)21(16)23/h2-11,26H,12H2,1H3. The first-order chi connectivity index (χ1) is 13.1. The van der Waals surface area contributed by atoms with Crippen LogP contribution in [0.2, 0.25) is 0 Å². The third-order valence-electron chi connectivity index (χ3n) is 4.49. The Hall–Kier alpha value is -3.25. The number of aliphatic hydroxyl groups excluding tert-OH is 1. The van der Waals surface area contributed by atoms with Crippen molar-refractivity contribution in [2.24, 2.45) is 0 Å². The molecule has 2 heterocycles. The fraction of sp³-hybridized carbons (Fsp3) is 0.0952. The van der Waals surface area contributed by atoms with Crippen molar-refractivity contribution in [3.05, 3.63) is 78.1 Å². The molecule has 2 aromatic heterocycles. The van der Waals surface area contributed by atoms with Crippen LogP contribution < -0.4 is 4.74 Å². The summed E-state index contributed by atoms with van der Waals surface area (Å²) in [7, 11) is 1.61. The molecular formula is C21H16F2N2O2. The molecule has 0 atom stereocenters. The summed E-state index contributed by atoms with van der Waals surface area (Å²) < 4.78 is 35.1. The molecule has 4 aromatic rings. The Bertz CT molecular complexity index is 1120. The van der Waals surface area contributed by atoms with Crippen LogP contribution in [0.1, 0.15) is 5.56 Å². The van der Waals surface area contributed by atoms with Gasteiger partial charge in [0, 0.05) is 34.6 Å². The van der Waals surface area contributed by atoms with Crippen LogP contribution in [0, 0.1) is 11.6 Å². The fourth-order valence-electron chi connectivity index (χ4n) is 3.02. The number of aliphatic hydroxyl groups is 1. The number of imidazole rings is 1. The molecule has 4 nitrogen and oxygen atoms in total. The third kappa shape index (κ3) is 3.04. The predicted octanol–water partition coefficient (Wildman–Crippen LogP) is 4.45. The van der Waals surface area contributed by atoms with Crippen LogP contribution in [-0.4, -0.2) is 21.6 Å². The maximum Gasteiger partial charge on any atom is 0.139 e. The van der Waals surface area contributed by atoms with E-state index >= 15 is 0 Å². The van der Waals surface area contributed by atoms with Gasteiger partial charge in [0.15, 0.2) is 0 Å². The molecule has 136 valence electrons. The second-order valence-electron chi connectivity index (χ2n) is 6.08. The second kappa shape index (κ2) is 6.81. The van der Waals surface area contributed by atoms with Crippen LogP contribution in [0.5, 0.6) is 5.75 Å². The Morgan fingerprint density at radius 3 is 2.41 bits per heavy atom. The maximum atomic E-state index is 14.5. The van der Waals surface area contributed by atoms with Gasteiger partial charge >= 0.3 is 0 Å². The Morgan fingerprint density at radius 2 is 1.70 bits per heavy atom. The molecule has 0 aliphatic carbocycles. The van der Waals surface area contributed by atoms with Crippen molar-refractivity contribution in [2.45, 2.75) is 6.61 Å². The summed E-state index contributed by atoms with van der Waals surface area (Å²) in [5.74, 6) is -0.757. The zero-order valence-corrected chi connectivity index (χ0v) is 14.5. The molecule has 0 aliphatic rings. The molecule has 0 radical (unpaired) electrons. The first kappa shape index (κ1) is 17.2. The summed E-state index contributed by atoms with van der Waals surface area (Å²) in [6.07, 6.45) is 3.57. The van der Waals surface area contributed by atoms with E-state index < -0.39 is 18.2 Å². The van der Waals surface area contributed by atoms with Crippen LogP contribution >= 0.6 is 0 Å². The molecule has 0 saturated heterocycles. The van der Waals surface area contributed by atoms with Crippen LogP contribution in [0.3, 0.4) is 0 Å². The van der Waals surface area contributed by atoms with Gasteiger partial charge in [0.2, 0.25) is 0 Å². The molecule has 0 fully saturated rings. The van der Waals surface area contributed by atoms with Gasteiger partial charge in [-0.15, -0.1) is 0 Å². The number of aromatic nitrogens is 2. The zero-order chi connectivity index (χ0) is 19.0. The van der Waals surface area contributed by atoms with E-state index in [1.807, 2.05) is 30.5 Å². The Morgan fingerprint density at radius 1 is 0.963 bits per heavy atom. The first-order valence-electron chi connectivity index (χ1n) is 8.32. The lowest BCUT2D eigenvalue weighted by Crippen LogP contribution is -1.98. The van der Waals surface area contributed by atoms with E-state index in [0.29, 0.717) is 11.2 Å². The lowest BCUT2D eigenvalue weighted by Gasteiger charge is -2.08. The van der Waals surface area contributed by atoms with Crippen LogP contribution in [0.15, 0.2) is 60.9 Å². The highest BCUT2D eigenvalue weighted by Crippen LogP contribution is 2.28. The number of pyridine rings is 1. The van der Waals surface area contributed by atoms with Gasteiger partial charge < -0.3 is 14.2 Å². The molecule has 0 unspecified atom stereocenters. The SMILES string of the molecule is COc1ccc(-c2cn3cc(-c4ccc(F)c(CO)c4F)ccc3n2)cc1. The van der Waals surface area contributed by atoms with Gasteiger partial charge in [-0.25, -0.2) is 13.8 Å². The van der Waals surface area contributed by atoms with Crippen molar-refractivity contribution >= 4 is 5.65 Å². The normalized spacial score (nSPS) is 11.1. The minimum absolute atomic E-state index is 0.224. The van der Waals surface area contributed by atoms with Gasteiger partial charge in [0.25, 0.3) is 0 Å². The highest BCUT2D eigenvalue weighted by Gasteiger charge is 2.15. The van der Waals surface area contributed by atoms with Gasteiger partial charge in [-0.2, -0.15) is 0 Å². The molecule has 0 aliphatic heterocycles. The van der Waals surface area contributed by atoms with Crippen molar-refractivity contribution in [1.82, 2.24) is 9.38 Å². The van der Waals surface area contributed by atoms with Gasteiger partial charge in [0.1, 0.15) is 23.0 Å². The molecule has 0 saturated carbocycles. The van der Waals surface area contributed by atoms with E-state index in [2.05, 4.69) is 4.98 Å². The molecule has 0 amide bonds. The molecule has 0 bridgehead atoms. The Labute approximate surface area is 154 Å². The number of halogens is 2. The van der Waals surface area contributed by atoms with E-state index in [4.69, 9.17) is 4.74 Å². The average Bonchev–Trinajstić information content (AvgIpc) is 3.12. The highest BCUT2D eigenvalue weighted by atomic mass is 19.1. The van der Waals surface area contributed by atoms with E-state index in [0.717, 1.165) is 23.1 Å². The molecule has 4 rings (SSSR count). The maximum absolute atomic E-state index is 14.5. The molecule has 27 heavy (non-hydrogen) atoms. The largest absolute Gasteiger partial charge is 0.497 e. The van der Waals surface area contributed by atoms with Crippen molar-refractivity contribution in [2.75, 3.05) is 7.11 Å². The van der Waals surface area contributed by atoms with E-state index in [9.17, 15) is 13.9 Å². The summed E-state index contributed by atoms with van der Waals surface area (Å²) in [5, 5.41) is 9.20.